The number of H-pyrrole nitrogens is 4. The Hall–Kier alpha value is -9.83. The molecule has 0 atom stereocenters. The number of rotatable bonds is 15. The molecule has 33 nitrogen and oxygen atoms in total. The minimum atomic E-state index is -0.567. The van der Waals surface area contributed by atoms with Crippen LogP contribution in [0.15, 0.2) is 184 Å². The van der Waals surface area contributed by atoms with Crippen molar-refractivity contribution < 1.29 is 24.4 Å². The van der Waals surface area contributed by atoms with E-state index in [4.69, 9.17) is 108 Å². The zero-order valence-corrected chi connectivity index (χ0v) is 80.4. The van der Waals surface area contributed by atoms with Crippen molar-refractivity contribution in [3.63, 3.8) is 0 Å². The molecule has 682 valence electrons. The maximum atomic E-state index is 10.6. The van der Waals surface area contributed by atoms with E-state index in [1.165, 1.54) is 92.7 Å². The van der Waals surface area contributed by atoms with Gasteiger partial charge in [0.1, 0.15) is 27.0 Å². The molecule has 11 aromatic rings. The molecule has 14 rings (SSSR count). The molecule has 0 amide bonds. The Balaban J connectivity index is 0.000000296. The van der Waals surface area contributed by atoms with Gasteiger partial charge in [-0.15, -0.1) is 16.9 Å². The summed E-state index contributed by atoms with van der Waals surface area (Å²) in [6, 6.07) is 40.2. The van der Waals surface area contributed by atoms with Gasteiger partial charge in [-0.3, -0.25) is 49.6 Å². The SMILES string of the molecule is CN1CCN(Cc2ccc(N)cc2)CC1.CN1CCN(Cc2ccc([N+](=O)[O-])cc2)CC1.CN1CCNCC1.COc1ccc(OC#N)c(C)c1.Cc1cccc(C)c1N.Cc1cccc(C)c1NCc1cnc(Cl)nc1Cl.ClCc1cnc(Cl)nc1Cl.Clc1ncc(CI)c(Cl)n1.O=[N+]([O-])c1ccc(CBr)cc1.O=c1[nH]cc(CO)c(=O)[nH]1.O=c1cc[nH]c(=O)[nH]1. The van der Waals surface area contributed by atoms with Crippen LogP contribution in [-0.2, 0) is 41.9 Å². The first-order chi connectivity index (χ1) is 60.6. The van der Waals surface area contributed by atoms with E-state index in [1.54, 1.807) is 62.2 Å². The Morgan fingerprint density at radius 2 is 1.02 bits per heavy atom. The fourth-order valence-corrected chi connectivity index (χ4v) is 13.2. The molecule has 3 fully saturated rings. The van der Waals surface area contributed by atoms with Gasteiger partial charge in [0, 0.05) is 203 Å². The van der Waals surface area contributed by atoms with Gasteiger partial charge in [-0.1, -0.05) is 146 Å². The number of halogens is 9. The second kappa shape index (κ2) is 60.8. The predicted molar refractivity (Wildman–Crippen MR) is 518 cm³/mol. The fourth-order valence-electron chi connectivity index (χ4n) is 10.7. The number of aliphatic hydroxyl groups is 1. The summed E-state index contributed by atoms with van der Waals surface area (Å²) in [6.07, 6.45) is 8.87. The third-order valence-corrected chi connectivity index (χ3v) is 21.5. The highest BCUT2D eigenvalue weighted by atomic mass is 127. The van der Waals surface area contributed by atoms with Crippen LogP contribution in [0.4, 0.5) is 28.4 Å². The van der Waals surface area contributed by atoms with Crippen LogP contribution in [-0.4, -0.2) is 196 Å². The van der Waals surface area contributed by atoms with Gasteiger partial charge in [0.05, 0.1) is 35.0 Å². The molecule has 0 bridgehead atoms. The number of aliphatic hydroxyl groups excluding tert-OH is 1. The minimum absolute atomic E-state index is 0.134. The number of methoxy groups -OCH3 is 1. The van der Waals surface area contributed by atoms with E-state index >= 15 is 0 Å². The molecule has 11 N–H and O–H groups in total. The van der Waals surface area contributed by atoms with Crippen molar-refractivity contribution in [2.75, 3.05) is 124 Å². The number of ether oxygens (including phenoxy) is 2. The number of nitrogens with one attached hydrogen (secondary N) is 6. The highest BCUT2D eigenvalue weighted by molar-refractivity contribution is 14.1. The number of nitro benzene ring substituents is 2. The number of aryl methyl sites for hydroxylation is 5. The molecular weight excluding hydrogens is 1960 g/mol. The lowest BCUT2D eigenvalue weighted by Gasteiger charge is -2.32. The number of non-ortho nitro benzene ring substituents is 2. The monoisotopic (exact) mass is 2060 g/mol. The van der Waals surface area contributed by atoms with Crippen molar-refractivity contribution in [1.29, 1.82) is 5.26 Å². The lowest BCUT2D eigenvalue weighted by molar-refractivity contribution is -0.385. The average Bonchev–Trinajstić information content (AvgIpc) is 0.853. The van der Waals surface area contributed by atoms with Crippen LogP contribution >= 0.6 is 120 Å². The quantitative estimate of drug-likeness (QED) is 0.00673. The third-order valence-electron chi connectivity index (χ3n) is 18.2. The molecule has 5 aromatic heterocycles. The molecule has 0 radical (unpaired) electrons. The van der Waals surface area contributed by atoms with Crippen LogP contribution in [0, 0.1) is 66.4 Å². The number of piperazine rings is 3. The largest absolute Gasteiger partial charge is 0.497 e. The molecule has 42 heteroatoms. The summed E-state index contributed by atoms with van der Waals surface area (Å²) in [6.45, 7) is 25.9. The maximum absolute atomic E-state index is 10.6. The minimum Gasteiger partial charge on any atom is -0.497 e. The second-order valence-corrected chi connectivity index (χ2v) is 31.5. The number of nitro groups is 2. The third kappa shape index (κ3) is 44.2. The van der Waals surface area contributed by atoms with Crippen molar-refractivity contribution in [1.82, 2.24) is 79.7 Å². The summed E-state index contributed by atoms with van der Waals surface area (Å²) in [5.41, 5.74) is 24.2. The second-order valence-electron chi connectivity index (χ2n) is 27.9. The first-order valence-electron chi connectivity index (χ1n) is 38.8. The molecule has 0 saturated carbocycles. The molecule has 0 spiro atoms. The molecule has 3 aliphatic rings. The van der Waals surface area contributed by atoms with E-state index < -0.39 is 21.9 Å². The number of nitrogens with two attached hydrogens (primary N) is 2. The maximum Gasteiger partial charge on any atom is 0.325 e. The molecule has 0 aliphatic carbocycles. The normalized spacial score (nSPS) is 12.8. The van der Waals surface area contributed by atoms with Gasteiger partial charge in [0.25, 0.3) is 28.7 Å². The van der Waals surface area contributed by atoms with Gasteiger partial charge in [0.2, 0.25) is 15.9 Å². The first kappa shape index (κ1) is 109. The summed E-state index contributed by atoms with van der Waals surface area (Å²) in [7, 11) is 8.06. The highest BCUT2D eigenvalue weighted by Crippen LogP contribution is 2.26. The number of alkyl halides is 3. The van der Waals surface area contributed by atoms with Gasteiger partial charge in [-0.2, -0.15) is 0 Å². The fraction of sp³-hybridized carbons (Fsp3) is 0.329. The Bertz CT molecular complexity index is 5320. The van der Waals surface area contributed by atoms with Gasteiger partial charge < -0.3 is 61.3 Å². The van der Waals surface area contributed by atoms with Crippen LogP contribution in [0.5, 0.6) is 11.5 Å². The summed E-state index contributed by atoms with van der Waals surface area (Å²) in [5.74, 6) is 1.63. The van der Waals surface area contributed by atoms with Crippen molar-refractivity contribution in [3.05, 3.63) is 324 Å². The average molecular weight is 2060 g/mol. The summed E-state index contributed by atoms with van der Waals surface area (Å²) >= 11 is 44.8. The van der Waals surface area contributed by atoms with Crippen molar-refractivity contribution >= 4 is 148 Å². The Kier molecular flexibility index (Phi) is 52.4. The van der Waals surface area contributed by atoms with Crippen LogP contribution < -0.4 is 54.1 Å². The number of anilines is 3. The number of para-hydroxylation sites is 2. The smallest absolute Gasteiger partial charge is 0.325 e. The summed E-state index contributed by atoms with van der Waals surface area (Å²) < 4.78 is 10.5. The number of nitrogens with zero attached hydrogens (tertiary/aromatic N) is 14. The van der Waals surface area contributed by atoms with Gasteiger partial charge in [0.15, 0.2) is 0 Å². The van der Waals surface area contributed by atoms with E-state index in [0.29, 0.717) is 39.2 Å². The summed E-state index contributed by atoms with van der Waals surface area (Å²) in [4.78, 5) is 104. The van der Waals surface area contributed by atoms with E-state index in [1.807, 2.05) is 85.3 Å². The van der Waals surface area contributed by atoms with Crippen molar-refractivity contribution in [2.45, 2.75) is 76.5 Å². The molecular formula is C85H103BrCl7IN22O11. The van der Waals surface area contributed by atoms with Crippen LogP contribution in [0.2, 0.25) is 31.3 Å². The lowest BCUT2D eigenvalue weighted by atomic mass is 10.1. The van der Waals surface area contributed by atoms with Crippen LogP contribution in [0.25, 0.3) is 0 Å². The van der Waals surface area contributed by atoms with Crippen LogP contribution in [0.1, 0.15) is 66.8 Å². The van der Waals surface area contributed by atoms with E-state index in [-0.39, 0.29) is 49.9 Å². The number of likely N-dealkylation sites (N-methyl/N-ethyl adjacent to an activating group) is 3. The Morgan fingerprint density at radius 1 is 0.575 bits per heavy atom. The molecule has 3 aliphatic heterocycles. The Morgan fingerprint density at radius 3 is 1.39 bits per heavy atom. The lowest BCUT2D eigenvalue weighted by Crippen LogP contribution is -2.43. The standard InChI is InChI=1S/C13H13Cl2N3.C12H17N3O2.C12H19N3.C9H9NO2.C8H11N.C7H6BrNO2.C5H3Cl3N2.C5H3Cl2IN2.C5H6N2O3.C5H12N2.C4H4N2O2/c1-8-4-3-5-9(2)11(8)16-6-10-7-17-13(15)18-12(10)14;1-13-6-8-14(9-7-13)10-11-2-4-12(5-3-11)15(16)17;1-14-6-8-15(9-7-14)10-11-2-4-12(13)5-3-11;1-7-5-8(11-2)3-4-9(7)12-6-10;1-6-4-3-5-7(2)8(6)9;8-5-6-1-3-7(4-2-6)9(10)11;6-1-3-2-9-5(8)10-4(3)7;6-4-3(1-8)2-9-5(7)10-4;8-2-3-1-6-5(10)7-4(3)9;1-7-4-2-6-3-5-7;7-3-1-2-5-4(8)6-3/h3-5,7,16H,6H2,1-2H3;2-5H,6-10H2,1H3;2-5H,6-10,13H2,1H3;3-5H,1-2H3;3-5H,9H2,1-2H3;1-4H,5H2;2*2H,1H2;1,8H,2H2,(H2,6,7,9,10);6H,2-5H2,1H3;1-2H,(H2,5,6,7,8). The van der Waals surface area contributed by atoms with E-state index in [9.17, 15) is 39.4 Å². The van der Waals surface area contributed by atoms with Crippen LogP contribution in [0.3, 0.4) is 0 Å². The van der Waals surface area contributed by atoms with Crippen molar-refractivity contribution in [2.24, 2.45) is 0 Å². The molecule has 3 saturated heterocycles. The first-order valence-corrected chi connectivity index (χ1v) is 44.3. The van der Waals surface area contributed by atoms with E-state index in [2.05, 4.69) is 178 Å². The van der Waals surface area contributed by atoms with Gasteiger partial charge in [-0.25, -0.2) is 39.5 Å². The number of benzene rings is 6. The number of hydrogen-bond acceptors (Lipinski definition) is 27. The topological polar surface area (TPSA) is 450 Å². The molecule has 8 heterocycles. The summed E-state index contributed by atoms with van der Waals surface area (Å²) in [5, 5.41) is 46.4. The van der Waals surface area contributed by atoms with Gasteiger partial charge in [-0.05, 0) is 165 Å². The predicted octanol–water partition coefficient (Wildman–Crippen LogP) is 15.0. The van der Waals surface area contributed by atoms with Gasteiger partial charge >= 0.3 is 11.4 Å². The number of hydrogen-bond donors (Lipinski definition) is 9. The molecule has 127 heavy (non-hydrogen) atoms. The zero-order valence-electron chi connectivity index (χ0n) is 71.4. The number of nitriles is 1. The Labute approximate surface area is 793 Å². The number of aromatic nitrogens is 10. The molecule has 6 aromatic carbocycles. The van der Waals surface area contributed by atoms with E-state index in [0.717, 1.165) is 124 Å². The van der Waals surface area contributed by atoms with Crippen molar-refractivity contribution in [3.8, 4) is 17.8 Å². The zero-order chi connectivity index (χ0) is 93.9. The molecule has 0 unspecified atom stereocenters. The number of aromatic amines is 4. The highest BCUT2D eigenvalue weighted by Gasteiger charge is 2.17. The number of nitrogen functional groups attached to an aromatic ring is 2.